The van der Waals surface area contributed by atoms with Gasteiger partial charge in [0.25, 0.3) is 0 Å². The quantitative estimate of drug-likeness (QED) is 0.634. The van der Waals surface area contributed by atoms with Crippen LogP contribution < -0.4 is 9.47 Å². The summed E-state index contributed by atoms with van der Waals surface area (Å²) in [5, 5.41) is 0. The Hall–Kier alpha value is -2.53. The zero-order valence-electron chi connectivity index (χ0n) is 14.1. The molecule has 0 radical (unpaired) electrons. The Bertz CT molecular complexity index is 798. The summed E-state index contributed by atoms with van der Waals surface area (Å²) in [5.74, 6) is 2.44. The van der Waals surface area contributed by atoms with Gasteiger partial charge in [-0.05, 0) is 31.2 Å². The van der Waals surface area contributed by atoms with Crippen LogP contribution in [0.3, 0.4) is 0 Å². The zero-order valence-corrected chi connectivity index (χ0v) is 14.1. The van der Waals surface area contributed by atoms with Gasteiger partial charge < -0.3 is 18.8 Å². The van der Waals surface area contributed by atoms with Crippen molar-refractivity contribution in [3.8, 4) is 11.5 Å². The van der Waals surface area contributed by atoms with Gasteiger partial charge in [-0.2, -0.15) is 0 Å². The Balaban J connectivity index is 1.75. The minimum absolute atomic E-state index is 0.476. The standard InChI is InChI=1S/C19H22N2O3/c1-3-23-17-10-6-7-11-18(17)24-13-12-21-16-9-5-4-8-15(16)20-19(21)14-22-2/h4-11H,3,12-14H2,1-2H3. The van der Waals surface area contributed by atoms with Crippen molar-refractivity contribution in [1.82, 2.24) is 9.55 Å². The highest BCUT2D eigenvalue weighted by atomic mass is 16.5. The summed E-state index contributed by atoms with van der Waals surface area (Å²) in [7, 11) is 1.68. The van der Waals surface area contributed by atoms with E-state index >= 15 is 0 Å². The van der Waals surface area contributed by atoms with Gasteiger partial charge in [-0.3, -0.25) is 0 Å². The van der Waals surface area contributed by atoms with Crippen molar-refractivity contribution in [1.29, 1.82) is 0 Å². The highest BCUT2D eigenvalue weighted by molar-refractivity contribution is 5.75. The molecule has 126 valence electrons. The van der Waals surface area contributed by atoms with Crippen LogP contribution in [0.2, 0.25) is 0 Å². The van der Waals surface area contributed by atoms with E-state index in [0.717, 1.165) is 28.4 Å². The first-order valence-corrected chi connectivity index (χ1v) is 8.11. The number of para-hydroxylation sites is 4. The fraction of sp³-hybridized carbons (Fsp3) is 0.316. The third kappa shape index (κ3) is 3.51. The summed E-state index contributed by atoms with van der Waals surface area (Å²) < 4.78 is 18.9. The van der Waals surface area contributed by atoms with Crippen LogP contribution >= 0.6 is 0 Å². The zero-order chi connectivity index (χ0) is 16.8. The topological polar surface area (TPSA) is 45.5 Å². The molecule has 0 bridgehead atoms. The van der Waals surface area contributed by atoms with Gasteiger partial charge in [-0.15, -0.1) is 0 Å². The van der Waals surface area contributed by atoms with E-state index in [-0.39, 0.29) is 0 Å². The van der Waals surface area contributed by atoms with Gasteiger partial charge >= 0.3 is 0 Å². The van der Waals surface area contributed by atoms with Crippen LogP contribution in [0.25, 0.3) is 11.0 Å². The number of benzene rings is 2. The highest BCUT2D eigenvalue weighted by Crippen LogP contribution is 2.26. The third-order valence-electron chi connectivity index (χ3n) is 3.73. The molecule has 0 amide bonds. The maximum Gasteiger partial charge on any atom is 0.161 e. The molecule has 3 aromatic rings. The van der Waals surface area contributed by atoms with Crippen molar-refractivity contribution in [2.45, 2.75) is 20.1 Å². The van der Waals surface area contributed by atoms with Crippen molar-refractivity contribution in [2.75, 3.05) is 20.3 Å². The van der Waals surface area contributed by atoms with Gasteiger partial charge in [-0.25, -0.2) is 4.98 Å². The maximum absolute atomic E-state index is 5.93. The molecule has 5 nitrogen and oxygen atoms in total. The Kier molecular flexibility index (Phi) is 5.33. The second kappa shape index (κ2) is 7.84. The molecular formula is C19H22N2O3. The molecule has 1 aromatic heterocycles. The van der Waals surface area contributed by atoms with Crippen LogP contribution in [0.4, 0.5) is 0 Å². The van der Waals surface area contributed by atoms with E-state index in [0.29, 0.717) is 26.4 Å². The van der Waals surface area contributed by atoms with E-state index in [4.69, 9.17) is 14.2 Å². The Morgan fingerprint density at radius 1 is 0.958 bits per heavy atom. The maximum atomic E-state index is 5.93. The van der Waals surface area contributed by atoms with Gasteiger partial charge in [0.2, 0.25) is 0 Å². The third-order valence-corrected chi connectivity index (χ3v) is 3.73. The second-order valence-electron chi connectivity index (χ2n) is 5.33. The van der Waals surface area contributed by atoms with Crippen LogP contribution in [-0.4, -0.2) is 29.9 Å². The van der Waals surface area contributed by atoms with Crippen LogP contribution in [0.15, 0.2) is 48.5 Å². The van der Waals surface area contributed by atoms with Crippen molar-refractivity contribution in [3.05, 3.63) is 54.4 Å². The first kappa shape index (κ1) is 16.3. The van der Waals surface area contributed by atoms with Gasteiger partial charge in [0.1, 0.15) is 19.0 Å². The van der Waals surface area contributed by atoms with Gasteiger partial charge in [-0.1, -0.05) is 24.3 Å². The van der Waals surface area contributed by atoms with Gasteiger partial charge in [0.05, 0.1) is 24.2 Å². The van der Waals surface area contributed by atoms with Crippen molar-refractivity contribution >= 4 is 11.0 Å². The molecule has 0 fully saturated rings. The number of rotatable bonds is 8. The summed E-state index contributed by atoms with van der Waals surface area (Å²) in [6.45, 7) is 4.28. The SMILES string of the molecule is CCOc1ccccc1OCCn1c(COC)nc2ccccc21. The lowest BCUT2D eigenvalue weighted by molar-refractivity contribution is 0.172. The minimum atomic E-state index is 0.476. The van der Waals surface area contributed by atoms with Crippen molar-refractivity contribution in [2.24, 2.45) is 0 Å². The van der Waals surface area contributed by atoms with Gasteiger partial charge in [0, 0.05) is 7.11 Å². The first-order chi connectivity index (χ1) is 11.8. The molecule has 0 unspecified atom stereocenters. The van der Waals surface area contributed by atoms with E-state index in [2.05, 4.69) is 15.6 Å². The lowest BCUT2D eigenvalue weighted by atomic mass is 10.3. The Labute approximate surface area is 141 Å². The van der Waals surface area contributed by atoms with E-state index in [9.17, 15) is 0 Å². The average molecular weight is 326 g/mol. The van der Waals surface area contributed by atoms with E-state index in [1.165, 1.54) is 0 Å². The predicted octanol–water partition coefficient (Wildman–Crippen LogP) is 3.66. The fourth-order valence-electron chi connectivity index (χ4n) is 2.71. The number of fused-ring (bicyclic) bond motifs is 1. The predicted molar refractivity (Wildman–Crippen MR) is 93.6 cm³/mol. The summed E-state index contributed by atoms with van der Waals surface area (Å²) in [6.07, 6.45) is 0. The number of methoxy groups -OCH3 is 1. The number of ether oxygens (including phenoxy) is 3. The van der Waals surface area contributed by atoms with Crippen LogP contribution in [-0.2, 0) is 17.9 Å². The summed E-state index contributed by atoms with van der Waals surface area (Å²) in [5.41, 5.74) is 2.06. The van der Waals surface area contributed by atoms with E-state index < -0.39 is 0 Å². The molecular weight excluding hydrogens is 304 g/mol. The number of aromatic nitrogens is 2. The summed E-state index contributed by atoms with van der Waals surface area (Å²) in [4.78, 5) is 4.63. The van der Waals surface area contributed by atoms with Crippen molar-refractivity contribution in [3.63, 3.8) is 0 Å². The van der Waals surface area contributed by atoms with Crippen LogP contribution in [0.5, 0.6) is 11.5 Å². The molecule has 24 heavy (non-hydrogen) atoms. The monoisotopic (exact) mass is 326 g/mol. The normalized spacial score (nSPS) is 10.9. The first-order valence-electron chi connectivity index (χ1n) is 8.11. The van der Waals surface area contributed by atoms with E-state index in [1.54, 1.807) is 7.11 Å². The van der Waals surface area contributed by atoms with E-state index in [1.807, 2.05) is 49.4 Å². The Morgan fingerprint density at radius 3 is 2.42 bits per heavy atom. The number of hydrogen-bond acceptors (Lipinski definition) is 4. The molecule has 0 saturated carbocycles. The molecule has 5 heteroatoms. The number of nitrogens with zero attached hydrogens (tertiary/aromatic N) is 2. The molecule has 0 N–H and O–H groups in total. The minimum Gasteiger partial charge on any atom is -0.490 e. The molecule has 0 saturated heterocycles. The number of imidazole rings is 1. The Morgan fingerprint density at radius 2 is 1.67 bits per heavy atom. The molecule has 0 aliphatic heterocycles. The van der Waals surface area contributed by atoms with Crippen LogP contribution in [0.1, 0.15) is 12.7 Å². The number of hydrogen-bond donors (Lipinski definition) is 0. The summed E-state index contributed by atoms with van der Waals surface area (Å²) >= 11 is 0. The molecule has 0 spiro atoms. The molecule has 2 aromatic carbocycles. The lowest BCUT2D eigenvalue weighted by Crippen LogP contribution is -2.12. The average Bonchev–Trinajstić information content (AvgIpc) is 2.95. The molecule has 3 rings (SSSR count). The second-order valence-corrected chi connectivity index (χ2v) is 5.33. The van der Waals surface area contributed by atoms with Gasteiger partial charge in [0.15, 0.2) is 11.5 Å². The largest absolute Gasteiger partial charge is 0.490 e. The fourth-order valence-corrected chi connectivity index (χ4v) is 2.71. The lowest BCUT2D eigenvalue weighted by Gasteiger charge is -2.13. The smallest absolute Gasteiger partial charge is 0.161 e. The molecule has 1 heterocycles. The molecule has 0 aliphatic carbocycles. The van der Waals surface area contributed by atoms with Crippen LogP contribution in [0, 0.1) is 0 Å². The summed E-state index contributed by atoms with van der Waals surface area (Å²) in [6, 6.07) is 15.8. The van der Waals surface area contributed by atoms with Crippen molar-refractivity contribution < 1.29 is 14.2 Å². The highest BCUT2D eigenvalue weighted by Gasteiger charge is 2.10. The molecule has 0 aliphatic rings. The molecule has 0 atom stereocenters.